The van der Waals surface area contributed by atoms with Crippen LogP contribution < -0.4 is 0 Å². The molecule has 1 amide bonds. The zero-order valence-corrected chi connectivity index (χ0v) is 17.7. The van der Waals surface area contributed by atoms with Gasteiger partial charge in [-0.05, 0) is 70.0 Å². The average molecular weight is 437 g/mol. The number of rotatable bonds is 3. The Bertz CT molecular complexity index is 827. The number of alkyl halides is 1. The van der Waals surface area contributed by atoms with Crippen molar-refractivity contribution < 1.29 is 13.9 Å². The fourth-order valence-corrected chi connectivity index (χ4v) is 3.69. The number of ether oxygens (including phenoxy) is 1. The number of benzene rings is 1. The third-order valence-electron chi connectivity index (χ3n) is 4.88. The summed E-state index contributed by atoms with van der Waals surface area (Å²) in [4.78, 5) is 18.2. The molecule has 1 aliphatic rings. The van der Waals surface area contributed by atoms with Gasteiger partial charge in [0.2, 0.25) is 0 Å². The van der Waals surface area contributed by atoms with Crippen molar-refractivity contribution in [3.05, 3.63) is 40.6 Å². The molecule has 0 saturated carbocycles. The van der Waals surface area contributed by atoms with E-state index in [2.05, 4.69) is 20.9 Å². The van der Waals surface area contributed by atoms with Gasteiger partial charge in [0, 0.05) is 34.8 Å². The Morgan fingerprint density at radius 3 is 2.63 bits per heavy atom. The summed E-state index contributed by atoms with van der Waals surface area (Å²) in [7, 11) is 0. The van der Waals surface area contributed by atoms with E-state index in [0.29, 0.717) is 38.8 Å². The minimum Gasteiger partial charge on any atom is -0.444 e. The van der Waals surface area contributed by atoms with Crippen LogP contribution in [0.5, 0.6) is 0 Å². The molecule has 1 aliphatic heterocycles. The van der Waals surface area contributed by atoms with E-state index in [4.69, 9.17) is 4.74 Å². The fourth-order valence-electron chi connectivity index (χ4n) is 3.31. The molecule has 2 heterocycles. The maximum absolute atomic E-state index is 15.2. The predicted octanol–water partition coefficient (Wildman–Crippen LogP) is 5.67. The van der Waals surface area contributed by atoms with E-state index >= 15 is 4.39 Å². The van der Waals surface area contributed by atoms with E-state index in [9.17, 15) is 4.79 Å². The molecule has 27 heavy (non-hydrogen) atoms. The Morgan fingerprint density at radius 1 is 1.26 bits per heavy atom. The van der Waals surface area contributed by atoms with Crippen molar-refractivity contribution >= 4 is 32.8 Å². The van der Waals surface area contributed by atoms with Crippen molar-refractivity contribution in [1.29, 1.82) is 0 Å². The lowest BCUT2D eigenvalue weighted by atomic mass is 9.88. The first-order valence-corrected chi connectivity index (χ1v) is 10.1. The number of fused-ring (bicyclic) bond motifs is 1. The zero-order chi connectivity index (χ0) is 19.7. The van der Waals surface area contributed by atoms with Crippen LogP contribution in [0.4, 0.5) is 9.18 Å². The number of aromatic nitrogens is 1. The first kappa shape index (κ1) is 20.1. The van der Waals surface area contributed by atoms with Gasteiger partial charge in [-0.15, -0.1) is 0 Å². The molecule has 1 saturated heterocycles. The van der Waals surface area contributed by atoms with Crippen LogP contribution >= 0.6 is 15.9 Å². The Hall–Kier alpha value is -1.69. The summed E-state index contributed by atoms with van der Waals surface area (Å²) in [6.45, 7) is 6.29. The lowest BCUT2D eigenvalue weighted by Crippen LogP contribution is -2.46. The van der Waals surface area contributed by atoms with Crippen LogP contribution in [0.1, 0.15) is 45.7 Å². The normalized spacial score (nSPS) is 17.1. The molecular formula is C21H26BrFN2O2. The topological polar surface area (TPSA) is 42.4 Å². The highest BCUT2D eigenvalue weighted by atomic mass is 79.9. The number of hydrogen-bond acceptors (Lipinski definition) is 3. The van der Waals surface area contributed by atoms with Crippen LogP contribution in [0.3, 0.4) is 0 Å². The number of pyridine rings is 1. The van der Waals surface area contributed by atoms with E-state index < -0.39 is 11.3 Å². The van der Waals surface area contributed by atoms with Gasteiger partial charge < -0.3 is 9.64 Å². The maximum Gasteiger partial charge on any atom is 0.410 e. The average Bonchev–Trinajstić information content (AvgIpc) is 2.59. The smallest absolute Gasteiger partial charge is 0.410 e. The summed E-state index contributed by atoms with van der Waals surface area (Å²) in [6, 6.07) is 8.07. The van der Waals surface area contributed by atoms with Crippen molar-refractivity contribution in [3.63, 3.8) is 0 Å². The molecule has 0 bridgehead atoms. The summed E-state index contributed by atoms with van der Waals surface area (Å²) in [5.74, 6) is 0. The van der Waals surface area contributed by atoms with Gasteiger partial charge in [0.1, 0.15) is 11.3 Å². The summed E-state index contributed by atoms with van der Waals surface area (Å²) in [6.07, 6.45) is 3.17. The fraction of sp³-hybridized carbons (Fsp3) is 0.524. The second-order valence-electron chi connectivity index (χ2n) is 8.29. The van der Waals surface area contributed by atoms with Gasteiger partial charge in [-0.3, -0.25) is 4.98 Å². The van der Waals surface area contributed by atoms with Crippen molar-refractivity contribution in [1.82, 2.24) is 9.88 Å². The zero-order valence-electron chi connectivity index (χ0n) is 16.1. The van der Waals surface area contributed by atoms with E-state index in [1.165, 1.54) is 0 Å². The minimum absolute atomic E-state index is 0.339. The molecule has 0 spiro atoms. The van der Waals surface area contributed by atoms with Gasteiger partial charge in [-0.2, -0.15) is 0 Å². The lowest BCUT2D eigenvalue weighted by molar-refractivity contribution is 0.00151. The second kappa shape index (κ2) is 7.74. The molecule has 1 aromatic heterocycles. The Balaban J connectivity index is 1.56. The molecule has 0 unspecified atom stereocenters. The van der Waals surface area contributed by atoms with Crippen molar-refractivity contribution in [3.8, 4) is 0 Å². The second-order valence-corrected chi connectivity index (χ2v) is 9.20. The molecular weight excluding hydrogens is 411 g/mol. The summed E-state index contributed by atoms with van der Waals surface area (Å²) < 4.78 is 21.6. The third kappa shape index (κ3) is 5.41. The number of nitrogens with zero attached hydrogens (tertiary/aromatic N) is 2. The van der Waals surface area contributed by atoms with Gasteiger partial charge in [0.05, 0.1) is 0 Å². The molecule has 0 atom stereocenters. The largest absolute Gasteiger partial charge is 0.444 e. The first-order valence-electron chi connectivity index (χ1n) is 9.35. The molecule has 3 rings (SSSR count). The SMILES string of the molecule is CC(C)(C)OC(=O)N1CCC(F)(CCc2cc3cc(Br)ccc3cn2)CC1. The van der Waals surface area contributed by atoms with E-state index in [1.807, 2.05) is 51.2 Å². The standard InChI is InChI=1S/C21H26BrFN2O2/c1-20(2,3)27-19(26)25-10-8-21(23,9-11-25)7-6-18-13-16-12-17(22)5-4-15(16)14-24-18/h4-5,12-14H,6-11H2,1-3H3. The van der Waals surface area contributed by atoms with Crippen molar-refractivity contribution in [2.75, 3.05) is 13.1 Å². The summed E-state index contributed by atoms with van der Waals surface area (Å²) in [5.41, 5.74) is -0.892. The Morgan fingerprint density at radius 2 is 1.96 bits per heavy atom. The highest BCUT2D eigenvalue weighted by molar-refractivity contribution is 9.10. The van der Waals surface area contributed by atoms with Crippen LogP contribution in [0.2, 0.25) is 0 Å². The summed E-state index contributed by atoms with van der Waals surface area (Å²) >= 11 is 3.48. The van der Waals surface area contributed by atoms with Gasteiger partial charge >= 0.3 is 6.09 Å². The van der Waals surface area contributed by atoms with E-state index in [0.717, 1.165) is 20.9 Å². The first-order chi connectivity index (χ1) is 12.6. The predicted molar refractivity (Wildman–Crippen MR) is 109 cm³/mol. The Labute approximate surface area is 168 Å². The number of piperidine rings is 1. The quantitative estimate of drug-likeness (QED) is 0.622. The van der Waals surface area contributed by atoms with E-state index in [1.54, 1.807) is 4.90 Å². The molecule has 0 radical (unpaired) electrons. The maximum atomic E-state index is 15.2. The highest BCUT2D eigenvalue weighted by Gasteiger charge is 2.36. The monoisotopic (exact) mass is 436 g/mol. The molecule has 1 aromatic carbocycles. The van der Waals surface area contributed by atoms with Crippen LogP contribution in [0, 0.1) is 0 Å². The number of aryl methyl sites for hydroxylation is 1. The van der Waals surface area contributed by atoms with Crippen LogP contribution in [-0.4, -0.2) is 40.3 Å². The summed E-state index contributed by atoms with van der Waals surface area (Å²) in [5, 5.41) is 2.17. The van der Waals surface area contributed by atoms with Gasteiger partial charge in [-0.25, -0.2) is 9.18 Å². The van der Waals surface area contributed by atoms with E-state index in [-0.39, 0.29) is 6.09 Å². The van der Waals surface area contributed by atoms with Crippen LogP contribution in [0.25, 0.3) is 10.8 Å². The molecule has 6 heteroatoms. The number of carbonyl (C=O) groups excluding carboxylic acids is 1. The molecule has 1 fully saturated rings. The Kier molecular flexibility index (Phi) is 5.75. The highest BCUT2D eigenvalue weighted by Crippen LogP contribution is 2.32. The third-order valence-corrected chi connectivity index (χ3v) is 5.37. The van der Waals surface area contributed by atoms with Crippen LogP contribution in [-0.2, 0) is 11.2 Å². The van der Waals surface area contributed by atoms with Gasteiger partial charge in [0.15, 0.2) is 0 Å². The number of hydrogen-bond donors (Lipinski definition) is 0. The number of carbonyl (C=O) groups is 1. The molecule has 0 N–H and O–H groups in total. The molecule has 2 aromatic rings. The molecule has 4 nitrogen and oxygen atoms in total. The number of amides is 1. The minimum atomic E-state index is -1.26. The van der Waals surface area contributed by atoms with Gasteiger partial charge in [-0.1, -0.05) is 22.0 Å². The van der Waals surface area contributed by atoms with Crippen molar-refractivity contribution in [2.45, 2.75) is 57.7 Å². The molecule has 0 aliphatic carbocycles. The van der Waals surface area contributed by atoms with Crippen molar-refractivity contribution in [2.24, 2.45) is 0 Å². The number of halogens is 2. The molecule has 146 valence electrons. The van der Waals surface area contributed by atoms with Gasteiger partial charge in [0.25, 0.3) is 0 Å². The number of likely N-dealkylation sites (tertiary alicyclic amines) is 1. The van der Waals surface area contributed by atoms with Crippen LogP contribution in [0.15, 0.2) is 34.9 Å². The lowest BCUT2D eigenvalue weighted by Gasteiger charge is -2.37.